The molecule has 0 spiro atoms. The van der Waals surface area contributed by atoms with E-state index in [1.807, 2.05) is 30.5 Å². The maximum Gasteiger partial charge on any atom is 0.225 e. The van der Waals surface area contributed by atoms with E-state index in [-0.39, 0.29) is 12.6 Å². The molecule has 1 saturated carbocycles. The number of pyridine rings is 1. The molecule has 1 atom stereocenters. The Morgan fingerprint density at radius 3 is 2.72 bits per heavy atom. The van der Waals surface area contributed by atoms with Crippen LogP contribution in [-0.2, 0) is 6.42 Å². The van der Waals surface area contributed by atoms with Gasteiger partial charge in [0.1, 0.15) is 5.82 Å². The monoisotopic (exact) mass is 341 g/mol. The molecule has 2 aromatic rings. The van der Waals surface area contributed by atoms with Gasteiger partial charge < -0.3 is 15.7 Å². The van der Waals surface area contributed by atoms with Gasteiger partial charge in [-0.15, -0.1) is 0 Å². The summed E-state index contributed by atoms with van der Waals surface area (Å²) in [5, 5.41) is 16.2. The lowest BCUT2D eigenvalue weighted by molar-refractivity contribution is 0.248. The molecule has 2 aromatic heterocycles. The van der Waals surface area contributed by atoms with E-state index in [0.29, 0.717) is 17.8 Å². The SMILES string of the molecule is CC(C)[C@H](CO)Nc1nc(NCCc2ccccn2)cc(C2CC2)n1. The molecule has 0 aromatic carbocycles. The number of hydrogen-bond donors (Lipinski definition) is 3. The third kappa shape index (κ3) is 5.13. The topological polar surface area (TPSA) is 83.0 Å². The number of nitrogens with one attached hydrogen (secondary N) is 2. The van der Waals surface area contributed by atoms with E-state index in [2.05, 4.69) is 39.4 Å². The van der Waals surface area contributed by atoms with Gasteiger partial charge >= 0.3 is 0 Å². The van der Waals surface area contributed by atoms with E-state index in [0.717, 1.165) is 30.2 Å². The Bertz CT molecular complexity index is 673. The second-order valence-electron chi connectivity index (χ2n) is 6.95. The summed E-state index contributed by atoms with van der Waals surface area (Å²) in [5.41, 5.74) is 2.14. The van der Waals surface area contributed by atoms with Crippen molar-refractivity contribution < 1.29 is 5.11 Å². The standard InChI is InChI=1S/C19H27N5O/c1-13(2)17(12-25)23-19-22-16(14-6-7-14)11-18(24-19)21-10-8-15-5-3-4-9-20-15/h3-5,9,11,13-14,17,25H,6-8,10,12H2,1-2H3,(H2,21,22,23,24)/t17-/m0/s1. The molecule has 3 N–H and O–H groups in total. The fourth-order valence-corrected chi connectivity index (χ4v) is 2.66. The third-order valence-electron chi connectivity index (χ3n) is 4.47. The molecular formula is C19H27N5O. The van der Waals surface area contributed by atoms with Crippen LogP contribution in [0.1, 0.15) is 44.0 Å². The zero-order valence-electron chi connectivity index (χ0n) is 14.9. The van der Waals surface area contributed by atoms with Crippen LogP contribution in [0.25, 0.3) is 0 Å². The Kier molecular flexibility index (Phi) is 5.81. The number of anilines is 2. The third-order valence-corrected chi connectivity index (χ3v) is 4.47. The van der Waals surface area contributed by atoms with Crippen LogP contribution in [0.5, 0.6) is 0 Å². The van der Waals surface area contributed by atoms with Crippen molar-refractivity contribution in [3.05, 3.63) is 41.9 Å². The molecule has 1 aliphatic carbocycles. The Balaban J connectivity index is 1.67. The summed E-state index contributed by atoms with van der Waals surface area (Å²) in [7, 11) is 0. The quantitative estimate of drug-likeness (QED) is 0.650. The minimum Gasteiger partial charge on any atom is -0.394 e. The molecule has 0 amide bonds. The minimum absolute atomic E-state index is 0.0455. The van der Waals surface area contributed by atoms with Crippen molar-refractivity contribution in [2.75, 3.05) is 23.8 Å². The van der Waals surface area contributed by atoms with Crippen LogP contribution < -0.4 is 10.6 Å². The molecule has 1 fully saturated rings. The second kappa shape index (κ2) is 8.25. The van der Waals surface area contributed by atoms with E-state index in [1.54, 1.807) is 0 Å². The Labute approximate surface area is 149 Å². The lowest BCUT2D eigenvalue weighted by atomic mass is 10.1. The first-order valence-electron chi connectivity index (χ1n) is 9.06. The van der Waals surface area contributed by atoms with Crippen LogP contribution in [-0.4, -0.2) is 39.3 Å². The zero-order valence-corrected chi connectivity index (χ0v) is 14.9. The summed E-state index contributed by atoms with van der Waals surface area (Å²) < 4.78 is 0. The van der Waals surface area contributed by atoms with Crippen molar-refractivity contribution in [1.29, 1.82) is 0 Å². The lowest BCUT2D eigenvalue weighted by Gasteiger charge is -2.20. The van der Waals surface area contributed by atoms with Crippen molar-refractivity contribution in [2.24, 2.45) is 5.92 Å². The van der Waals surface area contributed by atoms with E-state index in [4.69, 9.17) is 0 Å². The fraction of sp³-hybridized carbons (Fsp3) is 0.526. The van der Waals surface area contributed by atoms with Crippen LogP contribution in [0.15, 0.2) is 30.5 Å². The van der Waals surface area contributed by atoms with E-state index < -0.39 is 0 Å². The highest BCUT2D eigenvalue weighted by Crippen LogP contribution is 2.39. The van der Waals surface area contributed by atoms with E-state index in [1.165, 1.54) is 12.8 Å². The van der Waals surface area contributed by atoms with Gasteiger partial charge in [-0.25, -0.2) is 4.98 Å². The molecule has 6 heteroatoms. The van der Waals surface area contributed by atoms with Crippen molar-refractivity contribution in [3.8, 4) is 0 Å². The van der Waals surface area contributed by atoms with Gasteiger partial charge in [0.15, 0.2) is 0 Å². The van der Waals surface area contributed by atoms with E-state index in [9.17, 15) is 5.11 Å². The van der Waals surface area contributed by atoms with Crippen LogP contribution in [0.2, 0.25) is 0 Å². The Morgan fingerprint density at radius 1 is 1.24 bits per heavy atom. The summed E-state index contributed by atoms with van der Waals surface area (Å²) in [5.74, 6) is 2.28. The number of hydrogen-bond acceptors (Lipinski definition) is 6. The molecule has 0 radical (unpaired) electrons. The molecule has 6 nitrogen and oxygen atoms in total. The molecule has 3 rings (SSSR count). The lowest BCUT2D eigenvalue weighted by Crippen LogP contribution is -2.30. The van der Waals surface area contributed by atoms with Crippen LogP contribution >= 0.6 is 0 Å². The molecular weight excluding hydrogens is 314 g/mol. The number of aliphatic hydroxyl groups excluding tert-OH is 1. The maximum absolute atomic E-state index is 9.54. The molecule has 25 heavy (non-hydrogen) atoms. The van der Waals surface area contributed by atoms with Crippen LogP contribution in [0, 0.1) is 5.92 Å². The van der Waals surface area contributed by atoms with E-state index >= 15 is 0 Å². The van der Waals surface area contributed by atoms with Crippen molar-refractivity contribution in [2.45, 2.75) is 45.1 Å². The second-order valence-corrected chi connectivity index (χ2v) is 6.95. The Hall–Kier alpha value is -2.21. The number of aromatic nitrogens is 3. The largest absolute Gasteiger partial charge is 0.394 e. The van der Waals surface area contributed by atoms with Gasteiger partial charge in [0, 0.05) is 36.8 Å². The number of rotatable bonds is 9. The Morgan fingerprint density at radius 2 is 2.08 bits per heavy atom. The van der Waals surface area contributed by atoms with Crippen LogP contribution in [0.4, 0.5) is 11.8 Å². The first kappa shape index (κ1) is 17.6. The molecule has 0 saturated heterocycles. The average Bonchev–Trinajstić information content (AvgIpc) is 3.45. The highest BCUT2D eigenvalue weighted by Gasteiger charge is 2.26. The van der Waals surface area contributed by atoms with Crippen LogP contribution in [0.3, 0.4) is 0 Å². The highest BCUT2D eigenvalue weighted by atomic mass is 16.3. The predicted octanol–water partition coefficient (Wildman–Crippen LogP) is 2.83. The summed E-state index contributed by atoms with van der Waals surface area (Å²) in [4.78, 5) is 13.6. The predicted molar refractivity (Wildman–Crippen MR) is 99.8 cm³/mol. The fourth-order valence-electron chi connectivity index (χ4n) is 2.66. The number of nitrogens with zero attached hydrogens (tertiary/aromatic N) is 3. The molecule has 2 heterocycles. The summed E-state index contributed by atoms with van der Waals surface area (Å²) in [6.07, 6.45) is 5.04. The summed E-state index contributed by atoms with van der Waals surface area (Å²) in [6.45, 7) is 4.98. The first-order valence-corrected chi connectivity index (χ1v) is 9.06. The maximum atomic E-state index is 9.54. The molecule has 0 aliphatic heterocycles. The molecule has 0 bridgehead atoms. The van der Waals surface area contributed by atoms with Gasteiger partial charge in [0.2, 0.25) is 5.95 Å². The minimum atomic E-state index is -0.0455. The van der Waals surface area contributed by atoms with Gasteiger partial charge in [-0.2, -0.15) is 4.98 Å². The smallest absolute Gasteiger partial charge is 0.225 e. The first-order chi connectivity index (χ1) is 12.2. The van der Waals surface area contributed by atoms with Crippen molar-refractivity contribution in [3.63, 3.8) is 0 Å². The number of aliphatic hydroxyl groups is 1. The van der Waals surface area contributed by atoms with Crippen molar-refractivity contribution >= 4 is 11.8 Å². The zero-order chi connectivity index (χ0) is 17.6. The van der Waals surface area contributed by atoms with Gasteiger partial charge in [-0.3, -0.25) is 4.98 Å². The molecule has 134 valence electrons. The normalized spacial score (nSPS) is 15.2. The van der Waals surface area contributed by atoms with Gasteiger partial charge in [-0.05, 0) is 30.9 Å². The molecule has 0 unspecified atom stereocenters. The van der Waals surface area contributed by atoms with Crippen molar-refractivity contribution in [1.82, 2.24) is 15.0 Å². The summed E-state index contributed by atoms with van der Waals surface area (Å²) in [6, 6.07) is 7.95. The molecule has 1 aliphatic rings. The van der Waals surface area contributed by atoms with Gasteiger partial charge in [-0.1, -0.05) is 19.9 Å². The van der Waals surface area contributed by atoms with Gasteiger partial charge in [0.25, 0.3) is 0 Å². The summed E-state index contributed by atoms with van der Waals surface area (Å²) >= 11 is 0. The highest BCUT2D eigenvalue weighted by molar-refractivity contribution is 5.44. The van der Waals surface area contributed by atoms with Gasteiger partial charge in [0.05, 0.1) is 18.3 Å². The average molecular weight is 341 g/mol.